The SMILES string of the molecule is Cc1c(Cl)c(C)c(Cl)c(OCC(=O)Nc2ccc3oc(-c4ccc(Br)cc4)nc3c2)c1Cl. The number of rotatable bonds is 5. The summed E-state index contributed by atoms with van der Waals surface area (Å²) in [6.45, 7) is 3.24. The Morgan fingerprint density at radius 2 is 1.69 bits per heavy atom. The number of nitrogens with zero attached hydrogens (tertiary/aromatic N) is 1. The highest BCUT2D eigenvalue weighted by atomic mass is 79.9. The molecule has 0 radical (unpaired) electrons. The van der Waals surface area contributed by atoms with E-state index in [1.807, 2.05) is 24.3 Å². The van der Waals surface area contributed by atoms with Crippen molar-refractivity contribution < 1.29 is 13.9 Å². The van der Waals surface area contributed by atoms with Gasteiger partial charge >= 0.3 is 0 Å². The van der Waals surface area contributed by atoms with Crippen molar-refractivity contribution in [1.82, 2.24) is 4.98 Å². The summed E-state index contributed by atoms with van der Waals surface area (Å²) in [7, 11) is 0. The summed E-state index contributed by atoms with van der Waals surface area (Å²) in [4.78, 5) is 17.0. The number of hydrogen-bond acceptors (Lipinski definition) is 4. The number of halogens is 4. The summed E-state index contributed by atoms with van der Waals surface area (Å²) in [6, 6.07) is 12.9. The average Bonchev–Trinajstić information content (AvgIpc) is 3.20. The van der Waals surface area contributed by atoms with Crippen LogP contribution in [0, 0.1) is 13.8 Å². The number of amides is 1. The minimum absolute atomic E-state index is 0.231. The average molecular weight is 555 g/mol. The van der Waals surface area contributed by atoms with E-state index < -0.39 is 0 Å². The first kappa shape index (κ1) is 22.9. The van der Waals surface area contributed by atoms with Gasteiger partial charge in [-0.05, 0) is 67.4 Å². The molecule has 0 bridgehead atoms. The minimum atomic E-state index is -0.377. The van der Waals surface area contributed by atoms with E-state index in [2.05, 4.69) is 26.2 Å². The van der Waals surface area contributed by atoms with Crippen LogP contribution in [0.4, 0.5) is 5.69 Å². The van der Waals surface area contributed by atoms with Crippen molar-refractivity contribution in [3.63, 3.8) is 0 Å². The summed E-state index contributed by atoms with van der Waals surface area (Å²) < 4.78 is 12.4. The molecule has 0 aliphatic rings. The molecule has 0 saturated heterocycles. The maximum atomic E-state index is 12.4. The van der Waals surface area contributed by atoms with Gasteiger partial charge < -0.3 is 14.5 Å². The lowest BCUT2D eigenvalue weighted by Crippen LogP contribution is -2.20. The molecule has 32 heavy (non-hydrogen) atoms. The van der Waals surface area contributed by atoms with Crippen LogP contribution in [0.3, 0.4) is 0 Å². The quantitative estimate of drug-likeness (QED) is 0.273. The van der Waals surface area contributed by atoms with Crippen molar-refractivity contribution in [2.75, 3.05) is 11.9 Å². The Bertz CT molecular complexity index is 1310. The number of nitrogens with one attached hydrogen (secondary N) is 1. The van der Waals surface area contributed by atoms with E-state index >= 15 is 0 Å². The molecule has 164 valence electrons. The second-order valence-corrected chi connectivity index (χ2v) is 9.12. The van der Waals surface area contributed by atoms with E-state index in [0.29, 0.717) is 38.8 Å². The maximum Gasteiger partial charge on any atom is 0.262 e. The largest absolute Gasteiger partial charge is 0.481 e. The van der Waals surface area contributed by atoms with E-state index in [1.165, 1.54) is 0 Å². The van der Waals surface area contributed by atoms with E-state index in [9.17, 15) is 4.79 Å². The molecule has 1 aromatic heterocycles. The highest BCUT2D eigenvalue weighted by Crippen LogP contribution is 2.42. The fourth-order valence-corrected chi connectivity index (χ4v) is 4.18. The van der Waals surface area contributed by atoms with Crippen LogP contribution < -0.4 is 10.1 Å². The van der Waals surface area contributed by atoms with E-state index in [4.69, 9.17) is 44.0 Å². The number of aromatic nitrogens is 1. The van der Waals surface area contributed by atoms with Crippen LogP contribution in [0.1, 0.15) is 11.1 Å². The molecular weight excluding hydrogens is 539 g/mol. The number of benzene rings is 3. The van der Waals surface area contributed by atoms with Crippen molar-refractivity contribution in [3.8, 4) is 17.2 Å². The van der Waals surface area contributed by atoms with Gasteiger partial charge in [0.2, 0.25) is 5.89 Å². The Labute approximate surface area is 207 Å². The Morgan fingerprint density at radius 3 is 2.34 bits per heavy atom. The molecule has 4 aromatic rings. The van der Waals surface area contributed by atoms with Crippen LogP contribution in [0.2, 0.25) is 15.1 Å². The zero-order valence-corrected chi connectivity index (χ0v) is 20.8. The smallest absolute Gasteiger partial charge is 0.262 e. The highest BCUT2D eigenvalue weighted by Gasteiger charge is 2.19. The van der Waals surface area contributed by atoms with Gasteiger partial charge in [-0.15, -0.1) is 0 Å². The van der Waals surface area contributed by atoms with Gasteiger partial charge in [0.25, 0.3) is 5.91 Å². The summed E-state index contributed by atoms with van der Waals surface area (Å²) in [5.41, 5.74) is 3.93. The number of ether oxygens (including phenoxy) is 1. The third-order valence-corrected chi connectivity index (χ3v) is 6.83. The topological polar surface area (TPSA) is 64.4 Å². The molecule has 0 saturated carbocycles. The molecule has 0 fully saturated rings. The van der Waals surface area contributed by atoms with Gasteiger partial charge in [0.05, 0.1) is 10.0 Å². The number of carbonyl (C=O) groups is 1. The lowest BCUT2D eigenvalue weighted by Gasteiger charge is -2.15. The standard InChI is InChI=1S/C23H16BrCl3N2O3/c1-11-19(25)12(2)21(27)22(20(11)26)31-10-18(30)28-15-7-8-17-16(9-15)29-23(32-17)13-3-5-14(24)6-4-13/h3-9H,10H2,1-2H3,(H,28,30). The molecule has 3 aromatic carbocycles. The fraction of sp³-hybridized carbons (Fsp3) is 0.130. The van der Waals surface area contributed by atoms with Crippen molar-refractivity contribution >= 4 is 73.4 Å². The van der Waals surface area contributed by atoms with Crippen molar-refractivity contribution in [2.24, 2.45) is 0 Å². The van der Waals surface area contributed by atoms with Crippen LogP contribution in [-0.4, -0.2) is 17.5 Å². The molecule has 1 amide bonds. The van der Waals surface area contributed by atoms with Gasteiger partial charge in [-0.3, -0.25) is 4.79 Å². The number of anilines is 1. The van der Waals surface area contributed by atoms with Gasteiger partial charge in [0, 0.05) is 20.7 Å². The highest BCUT2D eigenvalue weighted by molar-refractivity contribution is 9.10. The molecule has 5 nitrogen and oxygen atoms in total. The molecule has 0 atom stereocenters. The minimum Gasteiger partial charge on any atom is -0.481 e. The number of hydrogen-bond donors (Lipinski definition) is 1. The molecule has 9 heteroatoms. The first-order valence-corrected chi connectivity index (χ1v) is 11.4. The maximum absolute atomic E-state index is 12.4. The van der Waals surface area contributed by atoms with Gasteiger partial charge in [0.1, 0.15) is 5.52 Å². The van der Waals surface area contributed by atoms with Crippen LogP contribution in [0.15, 0.2) is 51.4 Å². The van der Waals surface area contributed by atoms with Crippen LogP contribution in [0.25, 0.3) is 22.6 Å². The Morgan fingerprint density at radius 1 is 1.03 bits per heavy atom. The molecule has 1 N–H and O–H groups in total. The van der Waals surface area contributed by atoms with Crippen molar-refractivity contribution in [1.29, 1.82) is 0 Å². The van der Waals surface area contributed by atoms with Crippen molar-refractivity contribution in [3.05, 3.63) is 73.1 Å². The van der Waals surface area contributed by atoms with Gasteiger partial charge in [-0.25, -0.2) is 4.98 Å². The predicted octanol–water partition coefficient (Wildman–Crippen LogP) is 7.85. The van der Waals surface area contributed by atoms with Crippen LogP contribution >= 0.6 is 50.7 Å². The first-order valence-electron chi connectivity index (χ1n) is 9.47. The molecule has 1 heterocycles. The summed E-state index contributed by atoms with van der Waals surface area (Å²) in [5, 5.41) is 3.81. The lowest BCUT2D eigenvalue weighted by atomic mass is 10.1. The van der Waals surface area contributed by atoms with E-state index in [-0.39, 0.29) is 28.3 Å². The zero-order valence-electron chi connectivity index (χ0n) is 16.9. The monoisotopic (exact) mass is 552 g/mol. The first-order chi connectivity index (χ1) is 15.2. The fourth-order valence-electron chi connectivity index (χ4n) is 3.09. The number of carbonyl (C=O) groups excluding carboxylic acids is 1. The van der Waals surface area contributed by atoms with Crippen LogP contribution in [0.5, 0.6) is 5.75 Å². The summed E-state index contributed by atoms with van der Waals surface area (Å²) in [5.74, 6) is 0.351. The molecule has 0 aliphatic carbocycles. The molecular formula is C23H16BrCl3N2O3. The van der Waals surface area contributed by atoms with Gasteiger partial charge in [-0.1, -0.05) is 50.7 Å². The van der Waals surface area contributed by atoms with Crippen molar-refractivity contribution in [2.45, 2.75) is 13.8 Å². The number of fused-ring (bicyclic) bond motifs is 1. The summed E-state index contributed by atoms with van der Waals surface area (Å²) >= 11 is 22.2. The molecule has 0 unspecified atom stereocenters. The number of oxazole rings is 1. The second-order valence-electron chi connectivity index (χ2n) is 7.07. The Balaban J connectivity index is 1.48. The summed E-state index contributed by atoms with van der Waals surface area (Å²) in [6.07, 6.45) is 0. The third-order valence-electron chi connectivity index (χ3n) is 4.83. The van der Waals surface area contributed by atoms with E-state index in [0.717, 1.165) is 10.0 Å². The van der Waals surface area contributed by atoms with E-state index in [1.54, 1.807) is 32.0 Å². The predicted molar refractivity (Wildman–Crippen MR) is 132 cm³/mol. The third kappa shape index (κ3) is 4.59. The van der Waals surface area contributed by atoms with Gasteiger partial charge in [0.15, 0.2) is 17.9 Å². The Hall–Kier alpha value is -2.25. The van der Waals surface area contributed by atoms with Crippen LogP contribution in [-0.2, 0) is 4.79 Å². The molecule has 4 rings (SSSR count). The zero-order chi connectivity index (χ0) is 23.0. The molecule has 0 aliphatic heterocycles. The Kier molecular flexibility index (Phi) is 6.67. The second kappa shape index (κ2) is 9.32. The normalized spacial score (nSPS) is 11.1. The molecule has 0 spiro atoms. The van der Waals surface area contributed by atoms with Gasteiger partial charge in [-0.2, -0.15) is 0 Å². The lowest BCUT2D eigenvalue weighted by molar-refractivity contribution is -0.118.